The molecule has 3 rings (SSSR count). The topological polar surface area (TPSA) is 80.3 Å². The summed E-state index contributed by atoms with van der Waals surface area (Å²) < 4.78 is 56.8. The summed E-state index contributed by atoms with van der Waals surface area (Å²) in [6.07, 6.45) is -5.13. The molecule has 34 heavy (non-hydrogen) atoms. The number of alkyl halides is 1. The van der Waals surface area contributed by atoms with E-state index in [9.17, 15) is 9.36 Å². The third kappa shape index (κ3) is 6.68. The van der Waals surface area contributed by atoms with E-state index in [2.05, 4.69) is 0 Å². The number of methoxy groups -OCH3 is 1. The Morgan fingerprint density at radius 3 is 2.21 bits per heavy atom. The third-order valence-corrected chi connectivity index (χ3v) is 9.40. The number of ether oxygens (including phenoxy) is 3. The highest BCUT2D eigenvalue weighted by atomic mass is 32.2. The van der Waals surface area contributed by atoms with Gasteiger partial charge in [-0.25, -0.2) is 9.18 Å². The van der Waals surface area contributed by atoms with Crippen molar-refractivity contribution in [3.8, 4) is 0 Å². The van der Waals surface area contributed by atoms with E-state index < -0.39 is 43.2 Å². The molecule has 0 bridgehead atoms. The first-order valence-electron chi connectivity index (χ1n) is 11.1. The van der Waals surface area contributed by atoms with Crippen molar-refractivity contribution in [2.45, 2.75) is 54.8 Å². The summed E-state index contributed by atoms with van der Waals surface area (Å²) in [5.41, 5.74) is 0.294. The van der Waals surface area contributed by atoms with Gasteiger partial charge in [0.25, 0.3) is 0 Å². The quantitative estimate of drug-likeness (QED) is 0.204. The second kappa shape index (κ2) is 12.8. The summed E-state index contributed by atoms with van der Waals surface area (Å²) in [4.78, 5) is 12.6. The Labute approximate surface area is 203 Å². The van der Waals surface area contributed by atoms with Crippen LogP contribution in [-0.2, 0) is 27.8 Å². The van der Waals surface area contributed by atoms with E-state index in [0.29, 0.717) is 5.56 Å². The Hall–Kier alpha value is -1.74. The minimum atomic E-state index is -3.63. The SMILES string of the molecule is CCOP(=O)(OCC)C(C[C@H]1O[C@H](OC)[C@H](OC(=O)c2ccccc2)[C@H]1F)Sc1ccccc1. The van der Waals surface area contributed by atoms with E-state index in [-0.39, 0.29) is 19.6 Å². The van der Waals surface area contributed by atoms with Gasteiger partial charge in [0.1, 0.15) is 4.99 Å². The molecule has 0 aliphatic carbocycles. The van der Waals surface area contributed by atoms with Crippen molar-refractivity contribution in [1.82, 2.24) is 0 Å². The van der Waals surface area contributed by atoms with Gasteiger partial charge in [-0.2, -0.15) is 0 Å². The molecule has 0 radical (unpaired) electrons. The molecule has 186 valence electrons. The zero-order valence-electron chi connectivity index (χ0n) is 19.4. The van der Waals surface area contributed by atoms with Gasteiger partial charge in [0, 0.05) is 18.4 Å². The summed E-state index contributed by atoms with van der Waals surface area (Å²) in [5.74, 6) is -0.677. The lowest BCUT2D eigenvalue weighted by Crippen LogP contribution is -2.35. The molecular weight excluding hydrogens is 482 g/mol. The van der Waals surface area contributed by atoms with Crippen LogP contribution in [0.1, 0.15) is 30.6 Å². The van der Waals surface area contributed by atoms with E-state index in [0.717, 1.165) is 4.90 Å². The number of esters is 1. The second-order valence-electron chi connectivity index (χ2n) is 7.46. The number of hydrogen-bond acceptors (Lipinski definition) is 8. The molecule has 1 heterocycles. The first-order chi connectivity index (χ1) is 16.4. The molecule has 1 unspecified atom stereocenters. The van der Waals surface area contributed by atoms with Crippen LogP contribution in [0.2, 0.25) is 0 Å². The van der Waals surface area contributed by atoms with E-state index in [1.165, 1.54) is 18.9 Å². The summed E-state index contributed by atoms with van der Waals surface area (Å²) in [5, 5.41) is 0. The maximum absolute atomic E-state index is 15.6. The summed E-state index contributed by atoms with van der Waals surface area (Å²) in [6.45, 7) is 3.79. The van der Waals surface area contributed by atoms with Crippen molar-refractivity contribution >= 4 is 25.3 Å². The number of thioether (sulfide) groups is 1. The van der Waals surface area contributed by atoms with Gasteiger partial charge in [0.15, 0.2) is 18.6 Å². The zero-order valence-corrected chi connectivity index (χ0v) is 21.1. The molecule has 5 atom stereocenters. The first kappa shape index (κ1) is 26.9. The van der Waals surface area contributed by atoms with Crippen molar-refractivity contribution in [2.24, 2.45) is 0 Å². The minimum absolute atomic E-state index is 0.00273. The predicted molar refractivity (Wildman–Crippen MR) is 128 cm³/mol. The van der Waals surface area contributed by atoms with E-state index in [4.69, 9.17) is 23.3 Å². The Morgan fingerprint density at radius 1 is 1.06 bits per heavy atom. The largest absolute Gasteiger partial charge is 0.450 e. The lowest BCUT2D eigenvalue weighted by Gasteiger charge is -2.28. The van der Waals surface area contributed by atoms with Crippen molar-refractivity contribution in [3.63, 3.8) is 0 Å². The van der Waals surface area contributed by atoms with Crippen LogP contribution in [-0.4, -0.2) is 56.0 Å². The fraction of sp³-hybridized carbons (Fsp3) is 0.458. The predicted octanol–water partition coefficient (Wildman–Crippen LogP) is 5.70. The number of rotatable bonds is 12. The van der Waals surface area contributed by atoms with Gasteiger partial charge in [-0.15, -0.1) is 11.8 Å². The van der Waals surface area contributed by atoms with E-state index in [1.807, 2.05) is 30.3 Å². The summed E-state index contributed by atoms with van der Waals surface area (Å²) in [7, 11) is -2.28. The molecule has 10 heteroatoms. The van der Waals surface area contributed by atoms with Crippen LogP contribution in [0.15, 0.2) is 65.6 Å². The highest BCUT2D eigenvalue weighted by Crippen LogP contribution is 2.60. The van der Waals surface area contributed by atoms with E-state index in [1.54, 1.807) is 44.2 Å². The molecule has 1 aliphatic rings. The average Bonchev–Trinajstić information content (AvgIpc) is 3.14. The number of hydrogen-bond donors (Lipinski definition) is 0. The Balaban J connectivity index is 1.80. The fourth-order valence-corrected chi connectivity index (χ4v) is 7.36. The Kier molecular flexibility index (Phi) is 10.1. The lowest BCUT2D eigenvalue weighted by atomic mass is 10.1. The van der Waals surface area contributed by atoms with Crippen molar-refractivity contribution < 1.29 is 37.0 Å². The first-order valence-corrected chi connectivity index (χ1v) is 13.6. The smallest absolute Gasteiger partial charge is 0.343 e. The van der Waals surface area contributed by atoms with Crippen LogP contribution < -0.4 is 0 Å². The second-order valence-corrected chi connectivity index (χ2v) is 11.3. The zero-order chi connectivity index (χ0) is 24.6. The molecule has 0 N–H and O–H groups in total. The Morgan fingerprint density at radius 2 is 1.65 bits per heavy atom. The molecule has 0 amide bonds. The highest BCUT2D eigenvalue weighted by molar-refractivity contribution is 8.05. The Bertz CT molecular complexity index is 939. The molecule has 7 nitrogen and oxygen atoms in total. The fourth-order valence-electron chi connectivity index (χ4n) is 3.61. The van der Waals surface area contributed by atoms with Crippen LogP contribution in [0.3, 0.4) is 0 Å². The molecule has 0 saturated carbocycles. The molecule has 1 fully saturated rings. The van der Waals surface area contributed by atoms with Gasteiger partial charge in [0.05, 0.1) is 24.9 Å². The van der Waals surface area contributed by atoms with Crippen LogP contribution in [0, 0.1) is 0 Å². The molecule has 0 aromatic heterocycles. The molecule has 1 aliphatic heterocycles. The summed E-state index contributed by atoms with van der Waals surface area (Å²) >= 11 is 1.28. The van der Waals surface area contributed by atoms with Gasteiger partial charge >= 0.3 is 13.6 Å². The lowest BCUT2D eigenvalue weighted by molar-refractivity contribution is -0.150. The van der Waals surface area contributed by atoms with Crippen molar-refractivity contribution in [2.75, 3.05) is 20.3 Å². The van der Waals surface area contributed by atoms with Gasteiger partial charge < -0.3 is 23.3 Å². The average molecular weight is 513 g/mol. The van der Waals surface area contributed by atoms with Crippen LogP contribution >= 0.6 is 19.4 Å². The number of benzene rings is 2. The van der Waals surface area contributed by atoms with E-state index >= 15 is 4.39 Å². The van der Waals surface area contributed by atoms with Crippen LogP contribution in [0.5, 0.6) is 0 Å². The monoisotopic (exact) mass is 512 g/mol. The van der Waals surface area contributed by atoms with Gasteiger partial charge in [-0.3, -0.25) is 4.57 Å². The van der Waals surface area contributed by atoms with Crippen LogP contribution in [0.25, 0.3) is 0 Å². The molecule has 2 aromatic carbocycles. The van der Waals surface area contributed by atoms with Crippen molar-refractivity contribution in [3.05, 3.63) is 66.2 Å². The normalized spacial score (nSPS) is 23.5. The van der Waals surface area contributed by atoms with Crippen LogP contribution in [0.4, 0.5) is 4.39 Å². The molecule has 2 aromatic rings. The summed E-state index contributed by atoms with van der Waals surface area (Å²) in [6, 6.07) is 17.6. The maximum Gasteiger partial charge on any atom is 0.343 e. The highest BCUT2D eigenvalue weighted by Gasteiger charge is 2.51. The van der Waals surface area contributed by atoms with Gasteiger partial charge in [-0.05, 0) is 38.1 Å². The number of carbonyl (C=O) groups is 1. The molecular formula is C24H30FO7PS. The number of halogens is 1. The number of carbonyl (C=O) groups excluding carboxylic acids is 1. The van der Waals surface area contributed by atoms with Crippen molar-refractivity contribution in [1.29, 1.82) is 0 Å². The van der Waals surface area contributed by atoms with Gasteiger partial charge in [0.2, 0.25) is 0 Å². The third-order valence-electron chi connectivity index (χ3n) is 5.15. The molecule has 1 saturated heterocycles. The molecule has 0 spiro atoms. The minimum Gasteiger partial charge on any atom is -0.450 e. The maximum atomic E-state index is 15.6. The standard InChI is InChI=1S/C24H30FO7PS/c1-4-29-33(27,30-5-2)20(34-18-14-10-7-11-15-18)16-19-21(25)22(24(28-3)31-19)32-23(26)17-12-8-6-9-13-17/h6-15,19-22,24H,4-5,16H2,1-3H3/t19-,20?,21+,22-,24+/m1/s1. The van der Waals surface area contributed by atoms with Gasteiger partial charge in [-0.1, -0.05) is 36.4 Å².